The number of rotatable bonds is 3. The van der Waals surface area contributed by atoms with E-state index in [1.54, 1.807) is 11.4 Å². The number of nitrogens with one attached hydrogen (secondary N) is 1. The number of hydrogen-bond donors (Lipinski definition) is 1. The highest BCUT2D eigenvalue weighted by Crippen LogP contribution is 2.17. The van der Waals surface area contributed by atoms with Gasteiger partial charge in [-0.25, -0.2) is 0 Å². The van der Waals surface area contributed by atoms with E-state index in [1.807, 2.05) is 0 Å². The Hall–Kier alpha value is -0.210. The summed E-state index contributed by atoms with van der Waals surface area (Å²) in [4.78, 5) is 0. The first-order valence-corrected chi connectivity index (χ1v) is 7.53. The van der Waals surface area contributed by atoms with Crippen molar-refractivity contribution >= 4 is 10.2 Å². The molecule has 2 aliphatic rings. The van der Waals surface area contributed by atoms with E-state index in [0.717, 1.165) is 25.9 Å². The summed E-state index contributed by atoms with van der Waals surface area (Å²) >= 11 is 0. The normalized spacial score (nSPS) is 25.3. The van der Waals surface area contributed by atoms with E-state index in [-0.39, 0.29) is 6.04 Å². The molecule has 0 aromatic heterocycles. The van der Waals surface area contributed by atoms with Gasteiger partial charge in [0.15, 0.2) is 0 Å². The lowest BCUT2D eigenvalue weighted by Crippen LogP contribution is -2.52. The largest absolute Gasteiger partial charge is 0.379 e. The van der Waals surface area contributed by atoms with E-state index in [9.17, 15) is 8.42 Å². The number of ether oxygens (including phenoxy) is 1. The summed E-state index contributed by atoms with van der Waals surface area (Å²) in [5.74, 6) is 0. The molecule has 2 aliphatic heterocycles. The molecule has 0 atom stereocenters. The summed E-state index contributed by atoms with van der Waals surface area (Å²) in [6.45, 7) is 3.73. The van der Waals surface area contributed by atoms with Crippen LogP contribution in [0.3, 0.4) is 0 Å². The molecule has 7 heteroatoms. The quantitative estimate of drug-likeness (QED) is 0.727. The van der Waals surface area contributed by atoms with Crippen LogP contribution in [0.25, 0.3) is 0 Å². The fraction of sp³-hybridized carbons (Fsp3) is 1.00. The predicted molar refractivity (Wildman–Crippen MR) is 65.0 cm³/mol. The lowest BCUT2D eigenvalue weighted by atomic mass is 10.1. The molecule has 0 amide bonds. The lowest BCUT2D eigenvalue weighted by molar-refractivity contribution is 0.0695. The molecule has 0 aliphatic carbocycles. The van der Waals surface area contributed by atoms with Crippen molar-refractivity contribution in [2.45, 2.75) is 18.9 Å². The minimum absolute atomic E-state index is 0.129. The van der Waals surface area contributed by atoms with Gasteiger partial charge in [0.1, 0.15) is 0 Å². The van der Waals surface area contributed by atoms with E-state index < -0.39 is 10.2 Å². The molecular weight excluding hydrogens is 242 g/mol. The van der Waals surface area contributed by atoms with Crippen molar-refractivity contribution in [1.29, 1.82) is 0 Å². The third-order valence-corrected chi connectivity index (χ3v) is 5.53. The molecule has 2 fully saturated rings. The maximum atomic E-state index is 12.4. The second kappa shape index (κ2) is 5.62. The Bertz CT molecular complexity index is 335. The molecule has 0 bridgehead atoms. The Labute approximate surface area is 103 Å². The van der Waals surface area contributed by atoms with Gasteiger partial charge in [-0.2, -0.15) is 17.0 Å². The first-order valence-electron chi connectivity index (χ1n) is 6.14. The summed E-state index contributed by atoms with van der Waals surface area (Å²) in [5.41, 5.74) is 0. The van der Waals surface area contributed by atoms with Crippen molar-refractivity contribution < 1.29 is 13.2 Å². The standard InChI is InChI=1S/C10H21N3O3S/c1-12(10-2-4-11-5-3-10)17(14,15)13-6-8-16-9-7-13/h10-11H,2-9H2,1H3. The van der Waals surface area contributed by atoms with Gasteiger partial charge in [-0.05, 0) is 25.9 Å². The van der Waals surface area contributed by atoms with Gasteiger partial charge in [0.05, 0.1) is 13.2 Å². The fourth-order valence-corrected chi connectivity index (χ4v) is 3.88. The SMILES string of the molecule is CN(C1CCNCC1)S(=O)(=O)N1CCOCC1. The molecule has 0 aromatic carbocycles. The van der Waals surface area contributed by atoms with Crippen molar-refractivity contribution in [1.82, 2.24) is 13.9 Å². The van der Waals surface area contributed by atoms with E-state index >= 15 is 0 Å². The number of piperidine rings is 1. The molecule has 2 heterocycles. The Morgan fingerprint density at radius 3 is 2.41 bits per heavy atom. The molecule has 2 saturated heterocycles. The summed E-state index contributed by atoms with van der Waals surface area (Å²) in [6.07, 6.45) is 1.78. The van der Waals surface area contributed by atoms with Crippen LogP contribution in [-0.4, -0.2) is 69.5 Å². The highest BCUT2D eigenvalue weighted by molar-refractivity contribution is 7.86. The summed E-state index contributed by atoms with van der Waals surface area (Å²) in [5, 5.41) is 3.25. The van der Waals surface area contributed by atoms with Crippen molar-refractivity contribution in [2.75, 3.05) is 46.4 Å². The van der Waals surface area contributed by atoms with Crippen LogP contribution in [-0.2, 0) is 14.9 Å². The molecule has 100 valence electrons. The molecular formula is C10H21N3O3S. The highest BCUT2D eigenvalue weighted by Gasteiger charge is 2.33. The molecule has 0 aromatic rings. The molecule has 0 spiro atoms. The van der Waals surface area contributed by atoms with Gasteiger partial charge < -0.3 is 10.1 Å². The van der Waals surface area contributed by atoms with E-state index in [1.165, 1.54) is 4.31 Å². The summed E-state index contributed by atoms with van der Waals surface area (Å²) < 4.78 is 33.0. The van der Waals surface area contributed by atoms with Crippen LogP contribution in [0.2, 0.25) is 0 Å². The van der Waals surface area contributed by atoms with Crippen molar-refractivity contribution in [3.63, 3.8) is 0 Å². The molecule has 17 heavy (non-hydrogen) atoms. The van der Waals surface area contributed by atoms with Crippen LogP contribution in [0, 0.1) is 0 Å². The predicted octanol–water partition coefficient (Wildman–Crippen LogP) is -0.753. The first kappa shape index (κ1) is 13.2. The molecule has 2 rings (SSSR count). The second-order valence-electron chi connectivity index (χ2n) is 4.52. The summed E-state index contributed by atoms with van der Waals surface area (Å²) in [6, 6.07) is 0.129. The van der Waals surface area contributed by atoms with Gasteiger partial charge in [0.25, 0.3) is 10.2 Å². The van der Waals surface area contributed by atoms with Crippen molar-refractivity contribution in [3.8, 4) is 0 Å². The van der Waals surface area contributed by atoms with Gasteiger partial charge in [-0.15, -0.1) is 0 Å². The van der Waals surface area contributed by atoms with Crippen LogP contribution >= 0.6 is 0 Å². The Morgan fingerprint density at radius 1 is 1.24 bits per heavy atom. The topological polar surface area (TPSA) is 61.9 Å². The summed E-state index contributed by atoms with van der Waals surface area (Å²) in [7, 11) is -1.61. The van der Waals surface area contributed by atoms with Crippen LogP contribution in [0.15, 0.2) is 0 Å². The molecule has 0 radical (unpaired) electrons. The van der Waals surface area contributed by atoms with Gasteiger partial charge in [-0.1, -0.05) is 0 Å². The maximum Gasteiger partial charge on any atom is 0.282 e. The zero-order valence-corrected chi connectivity index (χ0v) is 11.1. The first-order chi connectivity index (χ1) is 8.12. The molecule has 0 saturated carbocycles. The third kappa shape index (κ3) is 2.97. The van der Waals surface area contributed by atoms with Crippen LogP contribution in [0.1, 0.15) is 12.8 Å². The van der Waals surface area contributed by atoms with Crippen LogP contribution in [0.4, 0.5) is 0 Å². The number of hydrogen-bond acceptors (Lipinski definition) is 4. The monoisotopic (exact) mass is 263 g/mol. The van der Waals surface area contributed by atoms with E-state index in [4.69, 9.17) is 4.74 Å². The van der Waals surface area contributed by atoms with Crippen LogP contribution in [0.5, 0.6) is 0 Å². The zero-order valence-electron chi connectivity index (χ0n) is 10.3. The average Bonchev–Trinajstić information content (AvgIpc) is 2.40. The Balaban J connectivity index is 2.02. The smallest absolute Gasteiger partial charge is 0.282 e. The number of nitrogens with zero attached hydrogens (tertiary/aromatic N) is 2. The third-order valence-electron chi connectivity index (χ3n) is 3.48. The molecule has 6 nitrogen and oxygen atoms in total. The minimum atomic E-state index is -3.30. The van der Waals surface area contributed by atoms with Crippen molar-refractivity contribution in [3.05, 3.63) is 0 Å². The zero-order chi connectivity index (χ0) is 12.3. The van der Waals surface area contributed by atoms with E-state index in [0.29, 0.717) is 26.3 Å². The fourth-order valence-electron chi connectivity index (χ4n) is 2.32. The second-order valence-corrected chi connectivity index (χ2v) is 6.50. The Morgan fingerprint density at radius 2 is 1.82 bits per heavy atom. The molecule has 0 unspecified atom stereocenters. The highest BCUT2D eigenvalue weighted by atomic mass is 32.2. The van der Waals surface area contributed by atoms with Gasteiger partial charge in [-0.3, -0.25) is 0 Å². The van der Waals surface area contributed by atoms with Gasteiger partial charge in [0.2, 0.25) is 0 Å². The molecule has 1 N–H and O–H groups in total. The number of morpholine rings is 1. The maximum absolute atomic E-state index is 12.4. The minimum Gasteiger partial charge on any atom is -0.379 e. The van der Waals surface area contributed by atoms with E-state index in [2.05, 4.69) is 5.32 Å². The van der Waals surface area contributed by atoms with Gasteiger partial charge >= 0.3 is 0 Å². The average molecular weight is 263 g/mol. The lowest BCUT2D eigenvalue weighted by Gasteiger charge is -2.35. The van der Waals surface area contributed by atoms with Crippen molar-refractivity contribution in [2.24, 2.45) is 0 Å². The van der Waals surface area contributed by atoms with Gasteiger partial charge in [0, 0.05) is 26.2 Å². The Kier molecular flexibility index (Phi) is 4.37. The van der Waals surface area contributed by atoms with Crippen LogP contribution < -0.4 is 5.32 Å².